The topological polar surface area (TPSA) is 131 Å². The third kappa shape index (κ3) is 4.93. The number of aromatic nitrogens is 4. The Morgan fingerprint density at radius 1 is 1.31 bits per heavy atom. The molecule has 188 valence electrons. The van der Waals surface area contributed by atoms with Crippen LogP contribution in [0.25, 0.3) is 11.2 Å². The number of H-pyrrole nitrogens is 1. The molecule has 0 unspecified atom stereocenters. The molecule has 4 atom stereocenters. The lowest BCUT2D eigenvalue weighted by Crippen LogP contribution is -2.49. The van der Waals surface area contributed by atoms with Crippen LogP contribution < -0.4 is 10.9 Å². The predicted octanol–water partition coefficient (Wildman–Crippen LogP) is 2.95. The molecule has 0 aliphatic carbocycles. The molecule has 12 heteroatoms. The second kappa shape index (κ2) is 9.51. The van der Waals surface area contributed by atoms with Crippen LogP contribution in [0.4, 0.5) is 5.95 Å². The van der Waals surface area contributed by atoms with Crippen LogP contribution in [0.3, 0.4) is 0 Å². The van der Waals surface area contributed by atoms with Gasteiger partial charge >= 0.3 is 0 Å². The van der Waals surface area contributed by atoms with Crippen LogP contribution in [0.15, 0.2) is 41.5 Å². The van der Waals surface area contributed by atoms with Gasteiger partial charge in [0.05, 0.1) is 12.4 Å². The average molecular weight is 518 g/mol. The molecule has 35 heavy (non-hydrogen) atoms. The lowest BCUT2D eigenvalue weighted by atomic mass is 10.1. The van der Waals surface area contributed by atoms with Gasteiger partial charge in [-0.25, -0.2) is 4.98 Å². The second-order valence-electron chi connectivity index (χ2n) is 10.1. The van der Waals surface area contributed by atoms with E-state index < -0.39 is 44.3 Å². The molecule has 1 aromatic carbocycles. The van der Waals surface area contributed by atoms with Crippen molar-refractivity contribution < 1.29 is 19.1 Å². The van der Waals surface area contributed by atoms with E-state index >= 15 is 0 Å². The zero-order valence-corrected chi connectivity index (χ0v) is 22.2. The van der Waals surface area contributed by atoms with Crippen LogP contribution >= 0.6 is 12.6 Å². The van der Waals surface area contributed by atoms with Crippen molar-refractivity contribution >= 4 is 44.0 Å². The van der Waals surface area contributed by atoms with E-state index in [1.54, 1.807) is 30.3 Å². The number of thiol groups is 1. The van der Waals surface area contributed by atoms with Gasteiger partial charge in [0.15, 0.2) is 25.7 Å². The van der Waals surface area contributed by atoms with Gasteiger partial charge in [0.2, 0.25) is 5.95 Å². The predicted molar refractivity (Wildman–Crippen MR) is 138 cm³/mol. The number of hydrogen-bond acceptors (Lipinski definition) is 8. The smallest absolute Gasteiger partial charge is 0.280 e. The second-order valence-corrected chi connectivity index (χ2v) is 15.3. The van der Waals surface area contributed by atoms with Crippen LogP contribution in [0.5, 0.6) is 0 Å². The number of imidazole rings is 1. The molecule has 1 amide bonds. The van der Waals surface area contributed by atoms with Crippen LogP contribution in [-0.2, 0) is 9.16 Å². The highest BCUT2D eigenvalue weighted by Gasteiger charge is 2.50. The molecular formula is C23H31N5O5SSi. The van der Waals surface area contributed by atoms with E-state index in [1.807, 2.05) is 0 Å². The van der Waals surface area contributed by atoms with Gasteiger partial charge in [-0.3, -0.25) is 24.5 Å². The Hall–Kier alpha value is -2.51. The number of amides is 1. The molecule has 0 radical (unpaired) electrons. The number of rotatable bonds is 6. The fraction of sp³-hybridized carbons (Fsp3) is 0.478. The summed E-state index contributed by atoms with van der Waals surface area (Å²) >= 11 is 4.41. The maximum Gasteiger partial charge on any atom is 0.280 e. The quantitative estimate of drug-likeness (QED) is 0.292. The van der Waals surface area contributed by atoms with Crippen molar-refractivity contribution in [1.29, 1.82) is 0 Å². The summed E-state index contributed by atoms with van der Waals surface area (Å²) in [5.41, 5.74) is 0.131. The number of nitrogens with zero attached hydrogens (tertiary/aromatic N) is 3. The van der Waals surface area contributed by atoms with Gasteiger partial charge < -0.3 is 14.3 Å². The summed E-state index contributed by atoms with van der Waals surface area (Å²) in [7, 11) is -2.22. The van der Waals surface area contributed by atoms with Crippen LogP contribution in [0.1, 0.15) is 37.4 Å². The minimum absolute atomic E-state index is 0.0367. The fourth-order valence-corrected chi connectivity index (χ4v) is 5.32. The Morgan fingerprint density at radius 2 is 2.00 bits per heavy atom. The highest BCUT2D eigenvalue weighted by atomic mass is 32.1. The average Bonchev–Trinajstić information content (AvgIpc) is 3.34. The third-order valence-electron chi connectivity index (χ3n) is 6.70. The number of aliphatic hydroxyl groups is 1. The molecule has 1 saturated heterocycles. The summed E-state index contributed by atoms with van der Waals surface area (Å²) in [6, 6.07) is 8.58. The van der Waals surface area contributed by atoms with Gasteiger partial charge in [-0.1, -0.05) is 39.0 Å². The van der Waals surface area contributed by atoms with E-state index in [2.05, 4.69) is 66.8 Å². The number of ether oxygens (including phenoxy) is 1. The molecule has 3 aromatic rings. The standard InChI is InChI=1S/C23H31N5O5SSi/c1-23(2,3)35(4,5)33-17-14(11-34)32-21(16(17)29)28-12-24-15-18(28)25-22(27-20(15)31)26-19(30)13-9-7-6-8-10-13/h6-10,12,14,16-17,21,29,34H,11H2,1-5H3,(H2,25,26,27,30,31)/t14-,16-,17-,21-/m1/s1. The van der Waals surface area contributed by atoms with Crippen molar-refractivity contribution in [3.05, 3.63) is 52.6 Å². The largest absolute Gasteiger partial charge is 0.408 e. The summed E-state index contributed by atoms with van der Waals surface area (Å²) in [6.07, 6.45) is -1.60. The maximum atomic E-state index is 12.7. The number of fused-ring (bicyclic) bond motifs is 1. The number of carbonyl (C=O) groups excluding carboxylic acids is 1. The van der Waals surface area contributed by atoms with Gasteiger partial charge in [0.25, 0.3) is 11.5 Å². The molecule has 0 bridgehead atoms. The van der Waals surface area contributed by atoms with Gasteiger partial charge in [0.1, 0.15) is 12.2 Å². The Kier molecular flexibility index (Phi) is 6.95. The Bertz CT molecular complexity index is 1270. The normalized spacial score (nSPS) is 23.1. The van der Waals surface area contributed by atoms with Gasteiger partial charge in [-0.15, -0.1) is 0 Å². The van der Waals surface area contributed by atoms with Crippen LogP contribution in [0.2, 0.25) is 18.1 Å². The zero-order valence-electron chi connectivity index (χ0n) is 20.3. The first-order valence-electron chi connectivity index (χ1n) is 11.4. The first-order chi connectivity index (χ1) is 16.4. The number of anilines is 1. The molecule has 3 N–H and O–H groups in total. The fourth-order valence-electron chi connectivity index (χ4n) is 3.70. The van der Waals surface area contributed by atoms with Gasteiger partial charge in [-0.05, 0) is 30.3 Å². The van der Waals surface area contributed by atoms with Gasteiger partial charge in [-0.2, -0.15) is 17.6 Å². The number of aliphatic hydroxyl groups excluding tert-OH is 1. The number of nitrogens with one attached hydrogen (secondary N) is 2. The number of hydrogen-bond donors (Lipinski definition) is 4. The highest BCUT2D eigenvalue weighted by molar-refractivity contribution is 7.80. The number of benzene rings is 1. The summed E-state index contributed by atoms with van der Waals surface area (Å²) in [6.45, 7) is 10.6. The van der Waals surface area contributed by atoms with E-state index in [4.69, 9.17) is 9.16 Å². The van der Waals surface area contributed by atoms with E-state index in [1.165, 1.54) is 10.9 Å². The first kappa shape index (κ1) is 25.6. The van der Waals surface area contributed by atoms with E-state index in [0.29, 0.717) is 11.3 Å². The lowest BCUT2D eigenvalue weighted by molar-refractivity contribution is -0.0287. The molecule has 0 saturated carbocycles. The highest BCUT2D eigenvalue weighted by Crippen LogP contribution is 2.41. The maximum absolute atomic E-state index is 12.7. The van der Waals surface area contributed by atoms with Crippen molar-refractivity contribution in [2.45, 2.75) is 63.4 Å². The van der Waals surface area contributed by atoms with Crippen molar-refractivity contribution in [2.24, 2.45) is 0 Å². The van der Waals surface area contributed by atoms with Crippen molar-refractivity contribution in [2.75, 3.05) is 11.1 Å². The molecule has 1 fully saturated rings. The van der Waals surface area contributed by atoms with Crippen molar-refractivity contribution in [3.8, 4) is 0 Å². The van der Waals surface area contributed by atoms with Crippen LogP contribution in [0, 0.1) is 0 Å². The summed E-state index contributed by atoms with van der Waals surface area (Å²) < 4.78 is 14.1. The van der Waals surface area contributed by atoms with E-state index in [0.717, 1.165) is 0 Å². The van der Waals surface area contributed by atoms with Crippen molar-refractivity contribution in [1.82, 2.24) is 19.5 Å². The zero-order chi connectivity index (χ0) is 25.5. The Morgan fingerprint density at radius 3 is 2.63 bits per heavy atom. The van der Waals surface area contributed by atoms with E-state index in [-0.39, 0.29) is 22.2 Å². The molecule has 0 spiro atoms. The summed E-state index contributed by atoms with van der Waals surface area (Å²) in [5, 5.41) is 13.8. The molecule has 2 aromatic heterocycles. The van der Waals surface area contributed by atoms with Crippen LogP contribution in [-0.4, -0.2) is 62.9 Å². The molecule has 3 heterocycles. The lowest BCUT2D eigenvalue weighted by Gasteiger charge is -2.39. The monoisotopic (exact) mass is 517 g/mol. The van der Waals surface area contributed by atoms with Crippen molar-refractivity contribution in [3.63, 3.8) is 0 Å². The third-order valence-corrected chi connectivity index (χ3v) is 11.5. The molecule has 1 aliphatic heterocycles. The molecular weight excluding hydrogens is 486 g/mol. The minimum atomic E-state index is -2.22. The molecule has 10 nitrogen and oxygen atoms in total. The SMILES string of the molecule is CC(C)(C)[Si](C)(C)O[C@H]1[C@@H](O)[C@H](n2cnc3c(=O)[nH]c(NC(=O)c4ccccc4)nc32)O[C@@H]1CS. The first-order valence-corrected chi connectivity index (χ1v) is 14.9. The van der Waals surface area contributed by atoms with Gasteiger partial charge in [0, 0.05) is 11.3 Å². The summed E-state index contributed by atoms with van der Waals surface area (Å²) in [4.78, 5) is 36.3. The number of carbonyl (C=O) groups is 1. The molecule has 4 rings (SSSR count). The Balaban J connectivity index is 1.65. The summed E-state index contributed by atoms with van der Waals surface area (Å²) in [5.74, 6) is -0.119. The molecule has 1 aliphatic rings. The minimum Gasteiger partial charge on any atom is -0.408 e. The van der Waals surface area contributed by atoms with E-state index in [9.17, 15) is 14.7 Å². The Labute approximate surface area is 209 Å². The number of aromatic amines is 1.